The number of hydrogen-bond acceptors (Lipinski definition) is 2. The molecule has 0 unspecified atom stereocenters. The standard InChI is InChI=1S/C14H16N4/c15-16-17-18(11-13-7-3-1-4-8-13)12-14-9-5-2-6-10-14/h1-10H,11-12H2,(H2,15,17). The molecule has 18 heavy (non-hydrogen) atoms. The average Bonchev–Trinajstić information content (AvgIpc) is 2.41. The monoisotopic (exact) mass is 240 g/mol. The first-order chi connectivity index (χ1) is 8.88. The zero-order chi connectivity index (χ0) is 12.6. The lowest BCUT2D eigenvalue weighted by Gasteiger charge is -2.17. The SMILES string of the molecule is N/N=N/N(Cc1ccccc1)Cc1ccccc1. The maximum absolute atomic E-state index is 5.15. The van der Waals surface area contributed by atoms with Crippen molar-refractivity contribution in [2.45, 2.75) is 13.1 Å². The predicted octanol–water partition coefficient (Wildman–Crippen LogP) is 2.93. The summed E-state index contributed by atoms with van der Waals surface area (Å²) in [5, 5.41) is 9.17. The van der Waals surface area contributed by atoms with Crippen molar-refractivity contribution in [1.82, 2.24) is 5.01 Å². The molecule has 0 aliphatic rings. The van der Waals surface area contributed by atoms with E-state index in [0.717, 1.165) is 0 Å². The minimum Gasteiger partial charge on any atom is -0.303 e. The molecule has 0 saturated heterocycles. The van der Waals surface area contributed by atoms with E-state index in [9.17, 15) is 0 Å². The molecule has 0 bridgehead atoms. The van der Waals surface area contributed by atoms with Crippen LogP contribution in [0.3, 0.4) is 0 Å². The fourth-order valence-corrected chi connectivity index (χ4v) is 1.78. The molecule has 2 aromatic carbocycles. The summed E-state index contributed by atoms with van der Waals surface area (Å²) >= 11 is 0. The van der Waals surface area contributed by atoms with Crippen molar-refractivity contribution in [3.63, 3.8) is 0 Å². The molecule has 0 amide bonds. The van der Waals surface area contributed by atoms with E-state index in [2.05, 4.69) is 34.7 Å². The summed E-state index contributed by atoms with van der Waals surface area (Å²) < 4.78 is 0. The Balaban J connectivity index is 2.05. The van der Waals surface area contributed by atoms with Gasteiger partial charge in [-0.15, -0.1) is 0 Å². The molecule has 0 aliphatic heterocycles. The topological polar surface area (TPSA) is 54.0 Å². The van der Waals surface area contributed by atoms with Crippen LogP contribution in [-0.4, -0.2) is 5.01 Å². The van der Waals surface area contributed by atoms with Crippen LogP contribution in [0.1, 0.15) is 11.1 Å². The van der Waals surface area contributed by atoms with Crippen LogP contribution in [0.25, 0.3) is 0 Å². The summed E-state index contributed by atoms with van der Waals surface area (Å²) in [6, 6.07) is 20.3. The quantitative estimate of drug-likeness (QED) is 0.496. The van der Waals surface area contributed by atoms with Gasteiger partial charge in [-0.1, -0.05) is 71.1 Å². The van der Waals surface area contributed by atoms with Gasteiger partial charge < -0.3 is 5.84 Å². The van der Waals surface area contributed by atoms with Crippen LogP contribution in [0.4, 0.5) is 0 Å². The molecule has 2 N–H and O–H groups in total. The highest BCUT2D eigenvalue weighted by molar-refractivity contribution is 5.16. The van der Waals surface area contributed by atoms with E-state index in [4.69, 9.17) is 5.84 Å². The van der Waals surface area contributed by atoms with Gasteiger partial charge in [0, 0.05) is 0 Å². The van der Waals surface area contributed by atoms with Crippen LogP contribution in [0.15, 0.2) is 71.1 Å². The van der Waals surface area contributed by atoms with E-state index in [-0.39, 0.29) is 0 Å². The highest BCUT2D eigenvalue weighted by Gasteiger charge is 2.04. The predicted molar refractivity (Wildman–Crippen MR) is 71.2 cm³/mol. The van der Waals surface area contributed by atoms with Crippen molar-refractivity contribution in [1.29, 1.82) is 0 Å². The highest BCUT2D eigenvalue weighted by Crippen LogP contribution is 2.10. The van der Waals surface area contributed by atoms with Gasteiger partial charge in [0.1, 0.15) is 0 Å². The number of rotatable bonds is 5. The van der Waals surface area contributed by atoms with Gasteiger partial charge in [-0.25, -0.2) is 0 Å². The second-order valence-electron chi connectivity index (χ2n) is 4.00. The molecular formula is C14H16N4. The van der Waals surface area contributed by atoms with E-state index in [0.29, 0.717) is 13.1 Å². The first-order valence-electron chi connectivity index (χ1n) is 5.82. The Kier molecular flexibility index (Phi) is 4.30. The normalized spacial score (nSPS) is 10.7. The van der Waals surface area contributed by atoms with Crippen LogP contribution in [0.2, 0.25) is 0 Å². The van der Waals surface area contributed by atoms with Crippen molar-refractivity contribution < 1.29 is 0 Å². The summed E-state index contributed by atoms with van der Waals surface area (Å²) in [6.45, 7) is 1.38. The molecule has 2 rings (SSSR count). The van der Waals surface area contributed by atoms with Gasteiger partial charge in [-0.05, 0) is 11.1 Å². The van der Waals surface area contributed by atoms with Crippen LogP contribution < -0.4 is 5.84 Å². The lowest BCUT2D eigenvalue weighted by molar-refractivity contribution is 0.248. The third kappa shape index (κ3) is 3.59. The second-order valence-corrected chi connectivity index (χ2v) is 4.00. The van der Waals surface area contributed by atoms with Gasteiger partial charge in [0.15, 0.2) is 0 Å². The molecule has 0 spiro atoms. The van der Waals surface area contributed by atoms with Gasteiger partial charge >= 0.3 is 0 Å². The van der Waals surface area contributed by atoms with Crippen molar-refractivity contribution in [3.8, 4) is 0 Å². The van der Waals surface area contributed by atoms with Crippen LogP contribution in [0.5, 0.6) is 0 Å². The smallest absolute Gasteiger partial charge is 0.0632 e. The molecule has 2 aromatic rings. The van der Waals surface area contributed by atoms with Gasteiger partial charge in [0.2, 0.25) is 0 Å². The summed E-state index contributed by atoms with van der Waals surface area (Å²) in [7, 11) is 0. The van der Waals surface area contributed by atoms with Crippen LogP contribution in [0, 0.1) is 0 Å². The Labute approximate surface area is 107 Å². The average molecular weight is 240 g/mol. The van der Waals surface area contributed by atoms with Crippen molar-refractivity contribution in [2.75, 3.05) is 0 Å². The fourth-order valence-electron chi connectivity index (χ4n) is 1.78. The molecule has 4 heteroatoms. The zero-order valence-corrected chi connectivity index (χ0v) is 10.1. The van der Waals surface area contributed by atoms with E-state index < -0.39 is 0 Å². The number of hydrogen-bond donors (Lipinski definition) is 1. The molecule has 92 valence electrons. The van der Waals surface area contributed by atoms with E-state index in [1.54, 1.807) is 0 Å². The van der Waals surface area contributed by atoms with Crippen molar-refractivity contribution in [3.05, 3.63) is 71.8 Å². The molecule has 0 aromatic heterocycles. The van der Waals surface area contributed by atoms with Gasteiger partial charge in [0.25, 0.3) is 0 Å². The Morgan fingerprint density at radius 2 is 1.22 bits per heavy atom. The fraction of sp³-hybridized carbons (Fsp3) is 0.143. The summed E-state index contributed by atoms with van der Waals surface area (Å²) in [5.74, 6) is 5.15. The Morgan fingerprint density at radius 3 is 1.61 bits per heavy atom. The number of nitrogens with two attached hydrogens (primary N) is 1. The minimum absolute atomic E-state index is 0.691. The minimum atomic E-state index is 0.691. The molecular weight excluding hydrogens is 224 g/mol. The lowest BCUT2D eigenvalue weighted by Crippen LogP contribution is -2.16. The second kappa shape index (κ2) is 6.39. The maximum atomic E-state index is 5.15. The first kappa shape index (κ1) is 12.1. The Hall–Kier alpha value is -2.36. The highest BCUT2D eigenvalue weighted by atomic mass is 15.6. The molecule has 0 heterocycles. The molecule has 0 radical (unpaired) electrons. The van der Waals surface area contributed by atoms with Crippen molar-refractivity contribution >= 4 is 0 Å². The van der Waals surface area contributed by atoms with Crippen LogP contribution >= 0.6 is 0 Å². The Morgan fingerprint density at radius 1 is 0.778 bits per heavy atom. The maximum Gasteiger partial charge on any atom is 0.0632 e. The summed E-state index contributed by atoms with van der Waals surface area (Å²) in [4.78, 5) is 0. The molecule has 4 nitrogen and oxygen atoms in total. The van der Waals surface area contributed by atoms with Gasteiger partial charge in [-0.3, -0.25) is 5.01 Å². The van der Waals surface area contributed by atoms with Gasteiger partial charge in [0.05, 0.1) is 13.1 Å². The van der Waals surface area contributed by atoms with Crippen LogP contribution in [-0.2, 0) is 13.1 Å². The van der Waals surface area contributed by atoms with E-state index in [1.807, 2.05) is 41.4 Å². The number of nitrogens with zero attached hydrogens (tertiary/aromatic N) is 3. The zero-order valence-electron chi connectivity index (χ0n) is 10.1. The summed E-state index contributed by atoms with van der Waals surface area (Å²) in [6.07, 6.45) is 0. The van der Waals surface area contributed by atoms with E-state index >= 15 is 0 Å². The van der Waals surface area contributed by atoms with Gasteiger partial charge in [-0.2, -0.15) is 0 Å². The first-order valence-corrected chi connectivity index (χ1v) is 5.82. The van der Waals surface area contributed by atoms with E-state index in [1.165, 1.54) is 11.1 Å². The largest absolute Gasteiger partial charge is 0.303 e. The molecule has 0 fully saturated rings. The molecule has 0 saturated carbocycles. The third-order valence-corrected chi connectivity index (χ3v) is 2.59. The molecule has 0 aliphatic carbocycles. The van der Waals surface area contributed by atoms with Crippen molar-refractivity contribution in [2.24, 2.45) is 16.3 Å². The Bertz CT molecular complexity index is 440. The number of benzene rings is 2. The molecule has 0 atom stereocenters. The lowest BCUT2D eigenvalue weighted by atomic mass is 10.2. The third-order valence-electron chi connectivity index (χ3n) is 2.59. The summed E-state index contributed by atoms with van der Waals surface area (Å²) in [5.41, 5.74) is 2.36.